The molecule has 10 heteroatoms. The molecule has 0 radical (unpaired) electrons. The van der Waals surface area contributed by atoms with Crippen molar-refractivity contribution < 1.29 is 50.7 Å². The first-order valence-corrected chi connectivity index (χ1v) is 6.39. The van der Waals surface area contributed by atoms with Crippen LogP contribution in [0, 0.1) is 0 Å². The molecular weight excluding hydrogens is 292 g/mol. The van der Waals surface area contributed by atoms with Crippen LogP contribution in [0.2, 0.25) is 0 Å². The molecule has 0 amide bonds. The summed E-state index contributed by atoms with van der Waals surface area (Å²) in [7, 11) is 0. The van der Waals surface area contributed by atoms with Crippen LogP contribution in [-0.2, 0) is 4.74 Å². The van der Waals surface area contributed by atoms with Gasteiger partial charge in [0.2, 0.25) is 0 Å². The highest BCUT2D eigenvalue weighted by Gasteiger charge is 2.48. The van der Waals surface area contributed by atoms with Gasteiger partial charge in [-0.15, -0.1) is 0 Å². The molecule has 1 fully saturated rings. The average Bonchev–Trinajstić information content (AvgIpc) is 2.50. The number of ether oxygens (including phenoxy) is 1. The predicted octanol–water partition coefficient (Wildman–Crippen LogP) is -5.74. The maximum absolute atomic E-state index is 9.88. The predicted molar refractivity (Wildman–Crippen MR) is 64.9 cm³/mol. The highest BCUT2D eigenvalue weighted by atomic mass is 16.6. The molecule has 1 heterocycles. The maximum atomic E-state index is 9.88. The highest BCUT2D eigenvalue weighted by molar-refractivity contribution is 4.97. The third-order valence-electron chi connectivity index (χ3n) is 3.55. The summed E-state index contributed by atoms with van der Waals surface area (Å²) >= 11 is 0. The Morgan fingerprint density at radius 2 is 1.38 bits per heavy atom. The van der Waals surface area contributed by atoms with Crippen molar-refractivity contribution in [3.8, 4) is 0 Å². The number of aliphatic hydroxyl groups is 9. The Morgan fingerprint density at radius 3 is 1.86 bits per heavy atom. The topological polar surface area (TPSA) is 191 Å². The zero-order valence-corrected chi connectivity index (χ0v) is 11.0. The second kappa shape index (κ2) is 7.74. The third kappa shape index (κ3) is 3.87. The summed E-state index contributed by atoms with van der Waals surface area (Å²) in [6.45, 7) is -1.59. The first-order chi connectivity index (χ1) is 9.76. The third-order valence-corrected chi connectivity index (χ3v) is 3.55. The molecule has 0 aromatic heterocycles. The van der Waals surface area contributed by atoms with E-state index in [1.54, 1.807) is 0 Å². The molecule has 0 spiro atoms. The Morgan fingerprint density at radius 1 is 0.810 bits per heavy atom. The standard InChI is InChI=1S/C11H22O10/c12-1-3(14)5(15)7(17)9(19)11-10(20)8(18)6(16)4(2-13)21-11/h3-20H,1-2H2/t3-,4-,5-,6-,7+,8+,9?,10+,11?/m1/s1. The first kappa shape index (κ1) is 18.6. The van der Waals surface area contributed by atoms with Crippen LogP contribution in [-0.4, -0.2) is 114 Å². The van der Waals surface area contributed by atoms with E-state index >= 15 is 0 Å². The first-order valence-electron chi connectivity index (χ1n) is 6.39. The fourth-order valence-electron chi connectivity index (χ4n) is 2.14. The average molecular weight is 314 g/mol. The zero-order valence-electron chi connectivity index (χ0n) is 11.0. The molecule has 1 aliphatic heterocycles. The number of hydrogen-bond acceptors (Lipinski definition) is 10. The van der Waals surface area contributed by atoms with Crippen LogP contribution in [0.25, 0.3) is 0 Å². The van der Waals surface area contributed by atoms with Gasteiger partial charge in [-0.3, -0.25) is 0 Å². The molecule has 9 N–H and O–H groups in total. The lowest BCUT2D eigenvalue weighted by molar-refractivity contribution is -0.263. The minimum absolute atomic E-state index is 0.716. The van der Waals surface area contributed by atoms with E-state index in [4.69, 9.17) is 14.9 Å². The van der Waals surface area contributed by atoms with Crippen molar-refractivity contribution in [2.45, 2.75) is 54.9 Å². The SMILES string of the molecule is OC[C@@H](O)[C@@H](O)[C@H](O)C(O)C1O[C@H](CO)[C@@H](O)[C@H](O)[C@@H]1O. The Bertz CT molecular complexity index is 313. The van der Waals surface area contributed by atoms with Crippen molar-refractivity contribution in [1.82, 2.24) is 0 Å². The van der Waals surface area contributed by atoms with Gasteiger partial charge in [0.1, 0.15) is 54.9 Å². The molecule has 2 unspecified atom stereocenters. The normalized spacial score (nSPS) is 39.6. The monoisotopic (exact) mass is 314 g/mol. The molecule has 1 saturated heterocycles. The largest absolute Gasteiger partial charge is 0.394 e. The summed E-state index contributed by atoms with van der Waals surface area (Å²) in [5, 5.41) is 84.8. The fourth-order valence-corrected chi connectivity index (χ4v) is 2.14. The molecule has 1 rings (SSSR count). The summed E-state index contributed by atoms with van der Waals surface area (Å²) < 4.78 is 5.00. The van der Waals surface area contributed by atoms with Crippen LogP contribution in [0.5, 0.6) is 0 Å². The molecule has 9 atom stereocenters. The molecule has 10 nitrogen and oxygen atoms in total. The van der Waals surface area contributed by atoms with Crippen molar-refractivity contribution in [2.75, 3.05) is 13.2 Å². The van der Waals surface area contributed by atoms with Crippen LogP contribution in [0.15, 0.2) is 0 Å². The second-order valence-corrected chi connectivity index (χ2v) is 5.02. The van der Waals surface area contributed by atoms with E-state index in [1.165, 1.54) is 0 Å². The molecule has 0 aliphatic carbocycles. The summed E-state index contributed by atoms with van der Waals surface area (Å²) in [6, 6.07) is 0. The van der Waals surface area contributed by atoms with Crippen LogP contribution in [0.1, 0.15) is 0 Å². The van der Waals surface area contributed by atoms with E-state index in [0.717, 1.165) is 0 Å². The lowest BCUT2D eigenvalue weighted by Crippen LogP contribution is -2.64. The molecule has 0 bridgehead atoms. The summed E-state index contributed by atoms with van der Waals surface area (Å²) in [6.07, 6.45) is -15.7. The van der Waals surface area contributed by atoms with Gasteiger partial charge in [-0.25, -0.2) is 0 Å². The van der Waals surface area contributed by atoms with Crippen molar-refractivity contribution in [2.24, 2.45) is 0 Å². The molecule has 126 valence electrons. The summed E-state index contributed by atoms with van der Waals surface area (Å²) in [5.74, 6) is 0. The lowest BCUT2D eigenvalue weighted by Gasteiger charge is -2.43. The van der Waals surface area contributed by atoms with Crippen molar-refractivity contribution >= 4 is 0 Å². The molecule has 21 heavy (non-hydrogen) atoms. The van der Waals surface area contributed by atoms with Gasteiger partial charge in [0.05, 0.1) is 13.2 Å². The van der Waals surface area contributed by atoms with E-state index in [2.05, 4.69) is 0 Å². The Balaban J connectivity index is 2.82. The summed E-state index contributed by atoms with van der Waals surface area (Å²) in [4.78, 5) is 0. The Kier molecular flexibility index (Phi) is 6.87. The molecule has 1 aliphatic rings. The molecule has 0 saturated carbocycles. The van der Waals surface area contributed by atoms with Gasteiger partial charge in [-0.2, -0.15) is 0 Å². The quantitative estimate of drug-likeness (QED) is 0.228. The second-order valence-electron chi connectivity index (χ2n) is 5.02. The summed E-state index contributed by atoms with van der Waals surface area (Å²) in [5.41, 5.74) is 0. The van der Waals surface area contributed by atoms with Crippen molar-refractivity contribution in [3.05, 3.63) is 0 Å². The van der Waals surface area contributed by atoms with E-state index < -0.39 is 68.1 Å². The minimum Gasteiger partial charge on any atom is -0.394 e. The van der Waals surface area contributed by atoms with Crippen LogP contribution in [0.4, 0.5) is 0 Å². The van der Waals surface area contributed by atoms with Gasteiger partial charge < -0.3 is 50.7 Å². The van der Waals surface area contributed by atoms with Gasteiger partial charge >= 0.3 is 0 Å². The molecule has 0 aromatic carbocycles. The van der Waals surface area contributed by atoms with Crippen LogP contribution >= 0.6 is 0 Å². The van der Waals surface area contributed by atoms with Crippen LogP contribution in [0.3, 0.4) is 0 Å². The maximum Gasteiger partial charge on any atom is 0.115 e. The lowest BCUT2D eigenvalue weighted by atomic mass is 9.88. The fraction of sp³-hybridized carbons (Fsp3) is 1.00. The van der Waals surface area contributed by atoms with Crippen molar-refractivity contribution in [3.63, 3.8) is 0 Å². The number of rotatable bonds is 6. The minimum atomic E-state index is -2.01. The van der Waals surface area contributed by atoms with Gasteiger partial charge in [0.25, 0.3) is 0 Å². The Hall–Kier alpha value is -0.400. The highest BCUT2D eigenvalue weighted by Crippen LogP contribution is 2.25. The van der Waals surface area contributed by atoms with E-state index in [0.29, 0.717) is 0 Å². The molecular formula is C11H22O10. The van der Waals surface area contributed by atoms with E-state index in [9.17, 15) is 35.7 Å². The van der Waals surface area contributed by atoms with Gasteiger partial charge in [-0.1, -0.05) is 0 Å². The van der Waals surface area contributed by atoms with E-state index in [-0.39, 0.29) is 0 Å². The zero-order chi connectivity index (χ0) is 16.3. The van der Waals surface area contributed by atoms with Gasteiger partial charge in [0, 0.05) is 0 Å². The molecule has 0 aromatic rings. The van der Waals surface area contributed by atoms with Gasteiger partial charge in [-0.05, 0) is 0 Å². The van der Waals surface area contributed by atoms with Crippen LogP contribution < -0.4 is 0 Å². The number of hydrogen-bond donors (Lipinski definition) is 9. The van der Waals surface area contributed by atoms with Crippen molar-refractivity contribution in [1.29, 1.82) is 0 Å². The number of aliphatic hydroxyl groups excluding tert-OH is 9. The van der Waals surface area contributed by atoms with Gasteiger partial charge in [0.15, 0.2) is 0 Å². The smallest absolute Gasteiger partial charge is 0.115 e. The Labute approximate surface area is 120 Å². The van der Waals surface area contributed by atoms with E-state index in [1.807, 2.05) is 0 Å².